The molecule has 1 aromatic heterocycles. The van der Waals surface area contributed by atoms with E-state index in [2.05, 4.69) is 24.4 Å². The Morgan fingerprint density at radius 2 is 2.42 bits per heavy atom. The Morgan fingerprint density at radius 1 is 1.58 bits per heavy atom. The highest BCUT2D eigenvalue weighted by molar-refractivity contribution is 7.12. The van der Waals surface area contributed by atoms with Crippen molar-refractivity contribution in [2.45, 2.75) is 32.2 Å². The van der Waals surface area contributed by atoms with Gasteiger partial charge in [-0.2, -0.15) is 0 Å². The third-order valence-corrected chi connectivity index (χ3v) is 3.60. The second-order valence-electron chi connectivity index (χ2n) is 3.35. The molecule has 2 heterocycles. The van der Waals surface area contributed by atoms with Crippen LogP contribution in [0.2, 0.25) is 0 Å². The van der Waals surface area contributed by atoms with E-state index >= 15 is 0 Å². The maximum absolute atomic E-state index is 3.43. The number of nitrogens with one attached hydrogen (secondary N) is 1. The molecule has 0 bridgehead atoms. The van der Waals surface area contributed by atoms with Gasteiger partial charge in [0.05, 0.1) is 0 Å². The smallest absolute Gasteiger partial charge is 0.0427 e. The highest BCUT2D eigenvalue weighted by Gasteiger charge is 2.19. The van der Waals surface area contributed by atoms with Crippen LogP contribution < -0.4 is 5.32 Å². The molecule has 1 saturated heterocycles. The number of thiophene rings is 1. The third-order valence-electron chi connectivity index (χ3n) is 2.35. The zero-order valence-electron chi connectivity index (χ0n) is 7.47. The van der Waals surface area contributed by atoms with E-state index < -0.39 is 0 Å². The van der Waals surface area contributed by atoms with Crippen LogP contribution in [0.15, 0.2) is 12.1 Å². The average molecular weight is 181 g/mol. The van der Waals surface area contributed by atoms with Crippen molar-refractivity contribution >= 4 is 11.3 Å². The summed E-state index contributed by atoms with van der Waals surface area (Å²) in [5.41, 5.74) is 0. The SMILES string of the molecule is CCCc1ccc([C@H]2CCN2)s1. The molecular formula is C10H15NS. The minimum Gasteiger partial charge on any atom is -0.309 e. The topological polar surface area (TPSA) is 12.0 Å². The molecule has 0 spiro atoms. The lowest BCUT2D eigenvalue weighted by molar-refractivity contribution is 0.389. The van der Waals surface area contributed by atoms with Crippen LogP contribution in [0.25, 0.3) is 0 Å². The Bertz CT molecular complexity index is 250. The minimum atomic E-state index is 0.681. The summed E-state index contributed by atoms with van der Waals surface area (Å²) in [6.45, 7) is 3.44. The van der Waals surface area contributed by atoms with Crippen LogP contribution >= 0.6 is 11.3 Å². The van der Waals surface area contributed by atoms with Crippen LogP contribution in [0.3, 0.4) is 0 Å². The maximum atomic E-state index is 3.43. The van der Waals surface area contributed by atoms with Gasteiger partial charge in [-0.1, -0.05) is 13.3 Å². The van der Waals surface area contributed by atoms with Crippen molar-refractivity contribution in [1.82, 2.24) is 5.32 Å². The fourth-order valence-corrected chi connectivity index (χ4v) is 2.72. The molecule has 0 aliphatic carbocycles. The fraction of sp³-hybridized carbons (Fsp3) is 0.600. The summed E-state index contributed by atoms with van der Waals surface area (Å²) in [5.74, 6) is 0. The standard InChI is InChI=1S/C10H15NS/c1-2-3-8-4-5-10(12-8)9-6-7-11-9/h4-5,9,11H,2-3,6-7H2,1H3/t9-/m1/s1. The van der Waals surface area contributed by atoms with Crippen molar-refractivity contribution in [3.63, 3.8) is 0 Å². The van der Waals surface area contributed by atoms with Gasteiger partial charge in [-0.25, -0.2) is 0 Å². The van der Waals surface area contributed by atoms with Gasteiger partial charge in [0.2, 0.25) is 0 Å². The summed E-state index contributed by atoms with van der Waals surface area (Å²) >= 11 is 1.98. The van der Waals surface area contributed by atoms with Crippen LogP contribution in [0.4, 0.5) is 0 Å². The van der Waals surface area contributed by atoms with Crippen molar-refractivity contribution in [1.29, 1.82) is 0 Å². The molecule has 1 aromatic rings. The summed E-state index contributed by atoms with van der Waals surface area (Å²) in [6.07, 6.45) is 3.83. The predicted molar refractivity (Wildman–Crippen MR) is 53.7 cm³/mol. The Labute approximate surface area is 77.8 Å². The monoisotopic (exact) mass is 181 g/mol. The summed E-state index contributed by atoms with van der Waals surface area (Å²) in [4.78, 5) is 3.07. The quantitative estimate of drug-likeness (QED) is 0.756. The lowest BCUT2D eigenvalue weighted by atomic mass is 10.1. The largest absolute Gasteiger partial charge is 0.309 e. The van der Waals surface area contributed by atoms with Gasteiger partial charge in [0.25, 0.3) is 0 Å². The van der Waals surface area contributed by atoms with Crippen molar-refractivity contribution in [2.75, 3.05) is 6.54 Å². The summed E-state index contributed by atoms with van der Waals surface area (Å²) < 4.78 is 0. The average Bonchev–Trinajstić information content (AvgIpc) is 2.34. The van der Waals surface area contributed by atoms with Crippen LogP contribution in [0.5, 0.6) is 0 Å². The van der Waals surface area contributed by atoms with Crippen LogP contribution in [-0.4, -0.2) is 6.54 Å². The Morgan fingerprint density at radius 3 is 3.00 bits per heavy atom. The molecule has 2 rings (SSSR count). The van der Waals surface area contributed by atoms with Crippen molar-refractivity contribution < 1.29 is 0 Å². The first kappa shape index (κ1) is 8.27. The number of rotatable bonds is 3. The van der Waals surface area contributed by atoms with Crippen molar-refractivity contribution in [3.05, 3.63) is 21.9 Å². The van der Waals surface area contributed by atoms with Crippen LogP contribution in [0, 0.1) is 0 Å². The Balaban J connectivity index is 2.02. The van der Waals surface area contributed by atoms with Gasteiger partial charge >= 0.3 is 0 Å². The molecule has 1 aliphatic heterocycles. The fourth-order valence-electron chi connectivity index (χ4n) is 1.49. The summed E-state index contributed by atoms with van der Waals surface area (Å²) in [5, 5.41) is 3.43. The van der Waals surface area contributed by atoms with Gasteiger partial charge in [0.15, 0.2) is 0 Å². The molecule has 0 unspecified atom stereocenters. The molecule has 66 valence electrons. The lowest BCUT2D eigenvalue weighted by Crippen LogP contribution is -2.34. The molecule has 1 fully saturated rings. The van der Waals surface area contributed by atoms with Gasteiger partial charge in [-0.05, 0) is 31.5 Å². The van der Waals surface area contributed by atoms with Gasteiger partial charge in [0.1, 0.15) is 0 Å². The molecule has 0 saturated carbocycles. The molecule has 1 N–H and O–H groups in total. The van der Waals surface area contributed by atoms with Gasteiger partial charge < -0.3 is 5.32 Å². The molecule has 0 amide bonds. The van der Waals surface area contributed by atoms with Crippen LogP contribution in [-0.2, 0) is 6.42 Å². The lowest BCUT2D eigenvalue weighted by Gasteiger charge is -2.26. The zero-order chi connectivity index (χ0) is 8.39. The Kier molecular flexibility index (Phi) is 2.47. The second kappa shape index (κ2) is 3.58. The number of hydrogen-bond donors (Lipinski definition) is 1. The zero-order valence-corrected chi connectivity index (χ0v) is 8.29. The van der Waals surface area contributed by atoms with E-state index in [-0.39, 0.29) is 0 Å². The van der Waals surface area contributed by atoms with E-state index in [0.717, 1.165) is 0 Å². The summed E-state index contributed by atoms with van der Waals surface area (Å²) in [6, 6.07) is 5.25. The number of aryl methyl sites for hydroxylation is 1. The van der Waals surface area contributed by atoms with E-state index in [4.69, 9.17) is 0 Å². The second-order valence-corrected chi connectivity index (χ2v) is 4.55. The van der Waals surface area contributed by atoms with E-state index in [1.807, 2.05) is 11.3 Å². The molecule has 12 heavy (non-hydrogen) atoms. The van der Waals surface area contributed by atoms with Gasteiger partial charge in [-0.15, -0.1) is 11.3 Å². The predicted octanol–water partition coefficient (Wildman–Crippen LogP) is 2.74. The van der Waals surface area contributed by atoms with E-state index in [0.29, 0.717) is 6.04 Å². The van der Waals surface area contributed by atoms with Crippen molar-refractivity contribution in [2.24, 2.45) is 0 Å². The first-order chi connectivity index (χ1) is 5.90. The number of hydrogen-bond acceptors (Lipinski definition) is 2. The van der Waals surface area contributed by atoms with Gasteiger partial charge in [0, 0.05) is 15.8 Å². The Hall–Kier alpha value is -0.340. The molecule has 1 aliphatic rings. The molecule has 1 atom stereocenters. The summed E-state index contributed by atoms with van der Waals surface area (Å²) in [7, 11) is 0. The first-order valence-corrected chi connectivity index (χ1v) is 5.54. The van der Waals surface area contributed by atoms with Crippen LogP contribution in [0.1, 0.15) is 35.6 Å². The minimum absolute atomic E-state index is 0.681. The van der Waals surface area contributed by atoms with Crippen molar-refractivity contribution in [3.8, 4) is 0 Å². The normalized spacial score (nSPS) is 22.2. The third kappa shape index (κ3) is 1.54. The molecule has 0 radical (unpaired) electrons. The molecule has 2 heteroatoms. The highest BCUT2D eigenvalue weighted by Crippen LogP contribution is 2.29. The maximum Gasteiger partial charge on any atom is 0.0427 e. The molecule has 0 aromatic carbocycles. The van der Waals surface area contributed by atoms with E-state index in [1.54, 1.807) is 4.88 Å². The van der Waals surface area contributed by atoms with E-state index in [1.165, 1.54) is 30.7 Å². The molecule has 1 nitrogen and oxygen atoms in total. The van der Waals surface area contributed by atoms with Gasteiger partial charge in [-0.3, -0.25) is 0 Å². The van der Waals surface area contributed by atoms with E-state index in [9.17, 15) is 0 Å². The first-order valence-electron chi connectivity index (χ1n) is 4.72. The molecular weight excluding hydrogens is 166 g/mol. The highest BCUT2D eigenvalue weighted by atomic mass is 32.1.